The van der Waals surface area contributed by atoms with E-state index in [1.807, 2.05) is 11.8 Å². The number of hydrazone groups is 1. The van der Waals surface area contributed by atoms with Gasteiger partial charge in [-0.25, -0.2) is 5.43 Å². The minimum atomic E-state index is -0.833. The van der Waals surface area contributed by atoms with Crippen LogP contribution in [0.3, 0.4) is 0 Å². The van der Waals surface area contributed by atoms with Crippen molar-refractivity contribution in [3.05, 3.63) is 59.2 Å². The van der Waals surface area contributed by atoms with Crippen LogP contribution >= 0.6 is 0 Å². The van der Waals surface area contributed by atoms with Crippen molar-refractivity contribution in [1.82, 2.24) is 10.7 Å². The van der Waals surface area contributed by atoms with Crippen LogP contribution in [0.1, 0.15) is 49.3 Å². The summed E-state index contributed by atoms with van der Waals surface area (Å²) in [6.07, 6.45) is 3.26. The fraction of sp³-hybridized carbons (Fsp3) is 0.423. The second-order valence-electron chi connectivity index (χ2n) is 9.10. The molecule has 0 radical (unpaired) electrons. The van der Waals surface area contributed by atoms with Gasteiger partial charge in [-0.05, 0) is 74.4 Å². The molecule has 3 unspecified atom stereocenters. The fourth-order valence-corrected chi connectivity index (χ4v) is 4.97. The number of nitrogens with zero attached hydrogens (tertiary/aromatic N) is 2. The number of amidine groups is 1. The van der Waals surface area contributed by atoms with E-state index in [2.05, 4.69) is 65.2 Å². The van der Waals surface area contributed by atoms with Crippen LogP contribution in [0, 0.1) is 6.92 Å². The van der Waals surface area contributed by atoms with E-state index in [-0.39, 0.29) is 11.9 Å². The topological polar surface area (TPSA) is 103 Å². The van der Waals surface area contributed by atoms with Crippen LogP contribution in [-0.2, 0) is 16.0 Å². The molecule has 5 rings (SSSR count). The molecule has 3 aliphatic heterocycles. The van der Waals surface area contributed by atoms with Crippen molar-refractivity contribution in [3.63, 3.8) is 0 Å². The second kappa shape index (κ2) is 10.3. The zero-order valence-electron chi connectivity index (χ0n) is 19.9. The van der Waals surface area contributed by atoms with Gasteiger partial charge in [0.15, 0.2) is 5.84 Å². The Morgan fingerprint density at radius 3 is 2.74 bits per heavy atom. The molecular weight excluding hydrogens is 432 g/mol. The summed E-state index contributed by atoms with van der Waals surface area (Å²) in [5.41, 5.74) is 7.55. The van der Waals surface area contributed by atoms with E-state index in [9.17, 15) is 4.79 Å². The molecule has 3 aliphatic rings. The van der Waals surface area contributed by atoms with E-state index in [0.29, 0.717) is 18.6 Å². The quantitative estimate of drug-likeness (QED) is 0.645. The average molecular weight is 465 g/mol. The van der Waals surface area contributed by atoms with Crippen LogP contribution in [0.2, 0.25) is 0 Å². The Bertz CT molecular complexity index is 1080. The first-order chi connectivity index (χ1) is 16.3. The van der Waals surface area contributed by atoms with Gasteiger partial charge < -0.3 is 20.1 Å². The monoisotopic (exact) mass is 464 g/mol. The molecule has 3 N–H and O–H groups in total. The highest BCUT2D eigenvalue weighted by Gasteiger charge is 2.36. The summed E-state index contributed by atoms with van der Waals surface area (Å²) in [7, 11) is 0. The number of amides is 1. The Kier molecular flexibility index (Phi) is 7.17. The molecule has 2 aromatic rings. The summed E-state index contributed by atoms with van der Waals surface area (Å²) < 4.78 is 5.96. The molecule has 3 heterocycles. The zero-order chi connectivity index (χ0) is 24.2. The Hall–Kier alpha value is -3.39. The molecule has 0 aromatic heterocycles. The summed E-state index contributed by atoms with van der Waals surface area (Å²) >= 11 is 0. The fourth-order valence-electron chi connectivity index (χ4n) is 4.97. The number of ether oxygens (including phenoxy) is 1. The first-order valence-electron chi connectivity index (χ1n) is 11.7. The maximum Gasteiger partial charge on any atom is 0.300 e. The first-order valence-corrected chi connectivity index (χ1v) is 11.7. The number of piperidine rings is 1. The van der Waals surface area contributed by atoms with Crippen LogP contribution < -0.4 is 20.4 Å². The first kappa shape index (κ1) is 23.8. The minimum absolute atomic E-state index is 0.0847. The van der Waals surface area contributed by atoms with Gasteiger partial charge in [0.2, 0.25) is 0 Å². The van der Waals surface area contributed by atoms with Gasteiger partial charge in [0.25, 0.3) is 11.9 Å². The van der Waals surface area contributed by atoms with Gasteiger partial charge in [-0.2, -0.15) is 5.10 Å². The number of aryl methyl sites for hydroxylation is 1. The number of aliphatic carboxylic acids is 1. The Morgan fingerprint density at radius 1 is 1.26 bits per heavy atom. The largest absolute Gasteiger partial charge is 0.483 e. The maximum atomic E-state index is 12.2. The van der Waals surface area contributed by atoms with Crippen molar-refractivity contribution in [3.8, 4) is 5.75 Å². The van der Waals surface area contributed by atoms with Crippen molar-refractivity contribution in [2.75, 3.05) is 18.1 Å². The van der Waals surface area contributed by atoms with E-state index in [4.69, 9.17) is 14.6 Å². The van der Waals surface area contributed by atoms with Crippen LogP contribution in [0.4, 0.5) is 5.69 Å². The average Bonchev–Trinajstić information content (AvgIpc) is 2.81. The summed E-state index contributed by atoms with van der Waals surface area (Å²) in [5, 5.41) is 15.3. The maximum absolute atomic E-state index is 12.2. The number of nitrogens with one attached hydrogen (secondary N) is 2. The highest BCUT2D eigenvalue weighted by atomic mass is 16.5. The normalized spacial score (nSPS) is 23.3. The summed E-state index contributed by atoms with van der Waals surface area (Å²) in [4.78, 5) is 23.3. The molecule has 3 atom stereocenters. The SMILES string of the molecule is CC(=O)O.Cc1cc2c(cc1C1CCNC(Cc3ccccc3)C1)N1C(=NNC(=O)C1C)CO2. The Labute approximate surface area is 200 Å². The lowest BCUT2D eigenvalue weighted by Gasteiger charge is -2.39. The lowest BCUT2D eigenvalue weighted by molar-refractivity contribution is -0.134. The predicted molar refractivity (Wildman–Crippen MR) is 131 cm³/mol. The molecular formula is C26H32N4O4. The van der Waals surface area contributed by atoms with Gasteiger partial charge in [0, 0.05) is 13.0 Å². The molecule has 1 saturated heterocycles. The Balaban J connectivity index is 0.000000636. The van der Waals surface area contributed by atoms with Crippen molar-refractivity contribution in [2.24, 2.45) is 5.10 Å². The summed E-state index contributed by atoms with van der Waals surface area (Å²) in [5.74, 6) is 1.17. The number of fused-ring (bicyclic) bond motifs is 3. The number of rotatable bonds is 3. The second-order valence-corrected chi connectivity index (χ2v) is 9.10. The number of hydrogen-bond acceptors (Lipinski definition) is 6. The van der Waals surface area contributed by atoms with E-state index >= 15 is 0 Å². The van der Waals surface area contributed by atoms with Gasteiger partial charge in [-0.15, -0.1) is 0 Å². The number of carbonyl (C=O) groups is 2. The number of anilines is 1. The van der Waals surface area contributed by atoms with E-state index in [1.165, 1.54) is 16.7 Å². The third kappa shape index (κ3) is 5.22. The molecule has 0 spiro atoms. The van der Waals surface area contributed by atoms with Crippen LogP contribution in [0.5, 0.6) is 5.75 Å². The van der Waals surface area contributed by atoms with Crippen molar-refractivity contribution in [2.45, 2.75) is 58.0 Å². The number of hydrogen-bond donors (Lipinski definition) is 3. The smallest absolute Gasteiger partial charge is 0.300 e. The van der Waals surface area contributed by atoms with Crippen molar-refractivity contribution in [1.29, 1.82) is 0 Å². The lowest BCUT2D eigenvalue weighted by Crippen LogP contribution is -2.55. The highest BCUT2D eigenvalue weighted by Crippen LogP contribution is 2.41. The minimum Gasteiger partial charge on any atom is -0.483 e. The van der Waals surface area contributed by atoms with E-state index < -0.39 is 5.97 Å². The van der Waals surface area contributed by atoms with Gasteiger partial charge in [0.1, 0.15) is 18.4 Å². The molecule has 2 aromatic carbocycles. The van der Waals surface area contributed by atoms with Gasteiger partial charge in [-0.1, -0.05) is 30.3 Å². The lowest BCUT2D eigenvalue weighted by atomic mass is 9.82. The van der Waals surface area contributed by atoms with Crippen LogP contribution in [0.15, 0.2) is 47.6 Å². The van der Waals surface area contributed by atoms with Crippen LogP contribution in [0.25, 0.3) is 0 Å². The van der Waals surface area contributed by atoms with Gasteiger partial charge >= 0.3 is 0 Å². The van der Waals surface area contributed by atoms with E-state index in [1.54, 1.807) is 0 Å². The summed E-state index contributed by atoms with van der Waals surface area (Å²) in [6, 6.07) is 15.2. The molecule has 1 amide bonds. The number of carboxylic acids is 1. The molecule has 1 fully saturated rings. The van der Waals surface area contributed by atoms with Gasteiger partial charge in [-0.3, -0.25) is 9.59 Å². The molecule has 180 valence electrons. The third-order valence-electron chi connectivity index (χ3n) is 6.56. The van der Waals surface area contributed by atoms with Crippen molar-refractivity contribution < 1.29 is 19.4 Å². The third-order valence-corrected chi connectivity index (χ3v) is 6.56. The highest BCUT2D eigenvalue weighted by molar-refractivity contribution is 6.09. The number of benzene rings is 2. The standard InChI is InChI=1S/C24H28N4O2.C2H4O2/c1-15-10-22-21(28-16(2)24(29)27-26-23(28)14-30-22)13-20(15)18-8-9-25-19(12-18)11-17-6-4-3-5-7-17;1-2(3)4/h3-7,10,13,16,18-19,25H,8-9,11-12,14H2,1-2H3,(H,27,29);1H3,(H,3,4). The van der Waals surface area contributed by atoms with E-state index in [0.717, 1.165) is 50.0 Å². The molecule has 0 aliphatic carbocycles. The van der Waals surface area contributed by atoms with Gasteiger partial charge in [0.05, 0.1) is 5.69 Å². The molecule has 8 nitrogen and oxygen atoms in total. The Morgan fingerprint density at radius 2 is 2.00 bits per heavy atom. The van der Waals surface area contributed by atoms with Crippen LogP contribution in [-0.4, -0.2) is 48.1 Å². The summed E-state index contributed by atoms with van der Waals surface area (Å²) in [6.45, 7) is 6.57. The molecule has 0 bridgehead atoms. The molecule has 34 heavy (non-hydrogen) atoms. The molecule has 0 saturated carbocycles. The number of carboxylic acid groups (broad SMARTS) is 1. The zero-order valence-corrected chi connectivity index (χ0v) is 19.9. The molecule has 8 heteroatoms. The number of carbonyl (C=O) groups excluding carboxylic acids is 1. The predicted octanol–water partition coefficient (Wildman–Crippen LogP) is 3.19. The van der Waals surface area contributed by atoms with Crippen molar-refractivity contribution >= 4 is 23.4 Å².